The number of fused-ring (bicyclic) bond motifs is 1. The summed E-state index contributed by atoms with van der Waals surface area (Å²) in [6, 6.07) is 8.95. The first-order valence-corrected chi connectivity index (χ1v) is 5.63. The maximum atomic E-state index is 6.05. The molecule has 1 aromatic carbocycles. The molecule has 1 aliphatic carbocycles. The molecule has 0 amide bonds. The Balaban J connectivity index is 1.84. The average molecular weight is 205 g/mol. The van der Waals surface area contributed by atoms with E-state index in [1.54, 1.807) is 7.11 Å². The van der Waals surface area contributed by atoms with Crippen LogP contribution in [0, 0.1) is 0 Å². The minimum Gasteiger partial charge on any atom is -0.385 e. The largest absolute Gasteiger partial charge is 0.385 e. The van der Waals surface area contributed by atoms with E-state index in [0.717, 1.165) is 19.4 Å². The van der Waals surface area contributed by atoms with Gasteiger partial charge in [0, 0.05) is 19.8 Å². The third kappa shape index (κ3) is 2.39. The minimum atomic E-state index is 0.281. The maximum absolute atomic E-state index is 6.05. The molecule has 0 fully saturated rings. The van der Waals surface area contributed by atoms with Gasteiger partial charge in [0.05, 0.1) is 0 Å². The van der Waals surface area contributed by atoms with Crippen molar-refractivity contribution in [2.45, 2.75) is 31.2 Å². The molecule has 0 bridgehead atoms. The fourth-order valence-corrected chi connectivity index (χ4v) is 2.33. The molecule has 2 atom stereocenters. The van der Waals surface area contributed by atoms with Crippen molar-refractivity contribution in [3.05, 3.63) is 35.4 Å². The van der Waals surface area contributed by atoms with Crippen molar-refractivity contribution in [1.82, 2.24) is 0 Å². The SMILES string of the molecule is COCCC(N)CC1Cc2ccccc21. The highest BCUT2D eigenvalue weighted by Crippen LogP contribution is 2.37. The summed E-state index contributed by atoms with van der Waals surface area (Å²) in [5, 5.41) is 0. The van der Waals surface area contributed by atoms with E-state index in [4.69, 9.17) is 10.5 Å². The van der Waals surface area contributed by atoms with Gasteiger partial charge < -0.3 is 10.5 Å². The Labute approximate surface area is 91.4 Å². The summed E-state index contributed by atoms with van der Waals surface area (Å²) in [5.74, 6) is 0.688. The summed E-state index contributed by atoms with van der Waals surface area (Å²) in [6.45, 7) is 0.773. The summed E-state index contributed by atoms with van der Waals surface area (Å²) in [4.78, 5) is 0. The number of hydrogen-bond acceptors (Lipinski definition) is 2. The topological polar surface area (TPSA) is 35.2 Å². The van der Waals surface area contributed by atoms with E-state index in [2.05, 4.69) is 24.3 Å². The number of nitrogens with two attached hydrogens (primary N) is 1. The Morgan fingerprint density at radius 1 is 1.47 bits per heavy atom. The molecule has 1 aliphatic rings. The molecule has 0 aromatic heterocycles. The molecule has 0 saturated heterocycles. The summed E-state index contributed by atoms with van der Waals surface area (Å²) >= 11 is 0. The van der Waals surface area contributed by atoms with Gasteiger partial charge in [-0.1, -0.05) is 24.3 Å². The van der Waals surface area contributed by atoms with Crippen LogP contribution >= 0.6 is 0 Å². The molecular weight excluding hydrogens is 186 g/mol. The van der Waals surface area contributed by atoms with Gasteiger partial charge in [0.25, 0.3) is 0 Å². The van der Waals surface area contributed by atoms with Crippen LogP contribution in [0.2, 0.25) is 0 Å². The smallest absolute Gasteiger partial charge is 0.0477 e. The van der Waals surface area contributed by atoms with Crippen LogP contribution in [-0.4, -0.2) is 19.8 Å². The fourth-order valence-electron chi connectivity index (χ4n) is 2.33. The van der Waals surface area contributed by atoms with Crippen LogP contribution in [-0.2, 0) is 11.2 Å². The monoisotopic (exact) mass is 205 g/mol. The quantitative estimate of drug-likeness (QED) is 0.798. The Bertz CT molecular complexity index is 324. The van der Waals surface area contributed by atoms with Crippen molar-refractivity contribution < 1.29 is 4.74 Å². The van der Waals surface area contributed by atoms with Crippen LogP contribution in [0.5, 0.6) is 0 Å². The van der Waals surface area contributed by atoms with Crippen molar-refractivity contribution in [3.63, 3.8) is 0 Å². The van der Waals surface area contributed by atoms with Crippen molar-refractivity contribution in [3.8, 4) is 0 Å². The Morgan fingerprint density at radius 2 is 2.27 bits per heavy atom. The Hall–Kier alpha value is -0.860. The molecule has 2 N–H and O–H groups in total. The van der Waals surface area contributed by atoms with E-state index in [1.807, 2.05) is 0 Å². The second-order valence-electron chi connectivity index (χ2n) is 4.38. The summed E-state index contributed by atoms with van der Waals surface area (Å²) in [6.07, 6.45) is 3.27. The first-order valence-electron chi connectivity index (χ1n) is 5.63. The normalized spacial score (nSPS) is 20.5. The van der Waals surface area contributed by atoms with Gasteiger partial charge in [-0.15, -0.1) is 0 Å². The van der Waals surface area contributed by atoms with Gasteiger partial charge >= 0.3 is 0 Å². The standard InChI is InChI=1S/C13H19NO/c1-15-7-6-12(14)9-11-8-10-4-2-3-5-13(10)11/h2-5,11-12H,6-9,14H2,1H3. The zero-order valence-corrected chi connectivity index (χ0v) is 9.28. The molecular formula is C13H19NO. The van der Waals surface area contributed by atoms with Crippen LogP contribution in [0.3, 0.4) is 0 Å². The third-order valence-corrected chi connectivity index (χ3v) is 3.24. The van der Waals surface area contributed by atoms with Gasteiger partial charge in [-0.25, -0.2) is 0 Å². The number of ether oxygens (including phenoxy) is 1. The first-order chi connectivity index (χ1) is 7.31. The zero-order chi connectivity index (χ0) is 10.7. The predicted octanol–water partition coefficient (Wildman–Crippen LogP) is 2.08. The van der Waals surface area contributed by atoms with Crippen LogP contribution < -0.4 is 5.73 Å². The molecule has 2 heteroatoms. The number of rotatable bonds is 5. The lowest BCUT2D eigenvalue weighted by molar-refractivity contribution is 0.185. The van der Waals surface area contributed by atoms with Crippen LogP contribution in [0.25, 0.3) is 0 Å². The van der Waals surface area contributed by atoms with Crippen molar-refractivity contribution >= 4 is 0 Å². The average Bonchev–Trinajstić information content (AvgIpc) is 2.23. The number of methoxy groups -OCH3 is 1. The molecule has 15 heavy (non-hydrogen) atoms. The van der Waals surface area contributed by atoms with Crippen LogP contribution in [0.1, 0.15) is 29.9 Å². The Morgan fingerprint density at radius 3 is 3.00 bits per heavy atom. The van der Waals surface area contributed by atoms with Gasteiger partial charge in [0.15, 0.2) is 0 Å². The molecule has 0 aliphatic heterocycles. The van der Waals surface area contributed by atoms with Gasteiger partial charge in [-0.2, -0.15) is 0 Å². The van der Waals surface area contributed by atoms with Crippen LogP contribution in [0.4, 0.5) is 0 Å². The highest BCUT2D eigenvalue weighted by Gasteiger charge is 2.26. The molecule has 2 nitrogen and oxygen atoms in total. The highest BCUT2D eigenvalue weighted by molar-refractivity contribution is 5.39. The van der Waals surface area contributed by atoms with Gasteiger partial charge in [0.1, 0.15) is 0 Å². The zero-order valence-electron chi connectivity index (χ0n) is 9.28. The number of hydrogen-bond donors (Lipinski definition) is 1. The molecule has 0 radical (unpaired) electrons. The van der Waals surface area contributed by atoms with E-state index in [-0.39, 0.29) is 6.04 Å². The Kier molecular flexibility index (Phi) is 3.39. The van der Waals surface area contributed by atoms with E-state index in [9.17, 15) is 0 Å². The molecule has 82 valence electrons. The van der Waals surface area contributed by atoms with E-state index in [0.29, 0.717) is 5.92 Å². The second-order valence-corrected chi connectivity index (χ2v) is 4.38. The van der Waals surface area contributed by atoms with Gasteiger partial charge in [-0.05, 0) is 36.3 Å². The van der Waals surface area contributed by atoms with E-state index < -0.39 is 0 Å². The predicted molar refractivity (Wildman–Crippen MR) is 62.0 cm³/mol. The molecule has 0 heterocycles. The van der Waals surface area contributed by atoms with Crippen molar-refractivity contribution in [1.29, 1.82) is 0 Å². The van der Waals surface area contributed by atoms with Crippen molar-refractivity contribution in [2.75, 3.05) is 13.7 Å². The third-order valence-electron chi connectivity index (χ3n) is 3.24. The lowest BCUT2D eigenvalue weighted by Crippen LogP contribution is -2.28. The lowest BCUT2D eigenvalue weighted by atomic mass is 9.74. The molecule has 0 saturated carbocycles. The van der Waals surface area contributed by atoms with Gasteiger partial charge in [0.2, 0.25) is 0 Å². The van der Waals surface area contributed by atoms with E-state index >= 15 is 0 Å². The molecule has 2 rings (SSSR count). The highest BCUT2D eigenvalue weighted by atomic mass is 16.5. The van der Waals surface area contributed by atoms with Gasteiger partial charge in [-0.3, -0.25) is 0 Å². The molecule has 0 spiro atoms. The second kappa shape index (κ2) is 4.77. The van der Waals surface area contributed by atoms with Crippen LogP contribution in [0.15, 0.2) is 24.3 Å². The number of benzene rings is 1. The summed E-state index contributed by atoms with van der Waals surface area (Å²) < 4.78 is 5.04. The fraction of sp³-hybridized carbons (Fsp3) is 0.538. The molecule has 2 unspecified atom stereocenters. The summed E-state index contributed by atoms with van der Waals surface area (Å²) in [5.41, 5.74) is 9.05. The minimum absolute atomic E-state index is 0.281. The summed E-state index contributed by atoms with van der Waals surface area (Å²) in [7, 11) is 1.73. The molecule has 1 aromatic rings. The first kappa shape index (κ1) is 10.7. The van der Waals surface area contributed by atoms with E-state index in [1.165, 1.54) is 17.5 Å². The van der Waals surface area contributed by atoms with Crippen molar-refractivity contribution in [2.24, 2.45) is 5.73 Å². The maximum Gasteiger partial charge on any atom is 0.0477 e. The lowest BCUT2D eigenvalue weighted by Gasteiger charge is -2.32.